The third-order valence-electron chi connectivity index (χ3n) is 6.46. The molecule has 2 aliphatic heterocycles. The van der Waals surface area contributed by atoms with Gasteiger partial charge in [0.25, 0.3) is 0 Å². The summed E-state index contributed by atoms with van der Waals surface area (Å²) in [6, 6.07) is 7.79. The lowest BCUT2D eigenvalue weighted by molar-refractivity contribution is -0.134. The van der Waals surface area contributed by atoms with Crippen LogP contribution in [-0.2, 0) is 25.3 Å². The van der Waals surface area contributed by atoms with Crippen LogP contribution < -0.4 is 5.46 Å². The van der Waals surface area contributed by atoms with Crippen molar-refractivity contribution in [2.45, 2.75) is 84.7 Å². The van der Waals surface area contributed by atoms with Crippen LogP contribution in [0.2, 0.25) is 0 Å². The molecule has 0 spiro atoms. The molecule has 176 valence electrons. The van der Waals surface area contributed by atoms with Gasteiger partial charge in [-0.25, -0.2) is 4.79 Å². The maximum Gasteiger partial charge on any atom is 0.494 e. The number of benzene rings is 1. The van der Waals surface area contributed by atoms with Crippen molar-refractivity contribution in [1.82, 2.24) is 9.80 Å². The first-order chi connectivity index (χ1) is 14.7. The number of nitrogens with zero attached hydrogens (tertiary/aromatic N) is 2. The van der Waals surface area contributed by atoms with Crippen molar-refractivity contribution < 1.29 is 23.6 Å². The van der Waals surface area contributed by atoms with Crippen LogP contribution >= 0.6 is 0 Å². The lowest BCUT2D eigenvalue weighted by atomic mass is 9.79. The number of carbonyl (C=O) groups is 2. The number of rotatable bonds is 3. The Kier molecular flexibility index (Phi) is 6.69. The molecule has 2 amide bonds. The zero-order valence-corrected chi connectivity index (χ0v) is 20.7. The molecule has 32 heavy (non-hydrogen) atoms. The molecule has 2 saturated heterocycles. The molecular weight excluding hydrogens is 407 g/mol. The maximum atomic E-state index is 12.9. The van der Waals surface area contributed by atoms with Gasteiger partial charge in [-0.3, -0.25) is 4.79 Å². The van der Waals surface area contributed by atoms with Crippen LogP contribution in [0.5, 0.6) is 0 Å². The van der Waals surface area contributed by atoms with E-state index in [2.05, 4.69) is 0 Å². The molecule has 2 aliphatic rings. The molecule has 0 saturated carbocycles. The van der Waals surface area contributed by atoms with E-state index in [1.807, 2.05) is 84.6 Å². The summed E-state index contributed by atoms with van der Waals surface area (Å²) in [5, 5.41) is 0. The zero-order chi connectivity index (χ0) is 23.9. The normalized spacial score (nSPS) is 22.8. The van der Waals surface area contributed by atoms with E-state index in [0.29, 0.717) is 26.1 Å². The van der Waals surface area contributed by atoms with E-state index in [-0.39, 0.29) is 29.2 Å². The highest BCUT2D eigenvalue weighted by Gasteiger charge is 2.51. The van der Waals surface area contributed by atoms with Crippen LogP contribution in [0.15, 0.2) is 24.3 Å². The highest BCUT2D eigenvalue weighted by Crippen LogP contribution is 2.36. The molecule has 1 atom stereocenters. The van der Waals surface area contributed by atoms with Gasteiger partial charge in [-0.05, 0) is 66.4 Å². The van der Waals surface area contributed by atoms with E-state index in [1.165, 1.54) is 0 Å². The summed E-state index contributed by atoms with van der Waals surface area (Å²) in [4.78, 5) is 28.8. The summed E-state index contributed by atoms with van der Waals surface area (Å²) < 4.78 is 17.7. The Balaban J connectivity index is 1.56. The smallest absolute Gasteiger partial charge is 0.444 e. The van der Waals surface area contributed by atoms with E-state index < -0.39 is 12.7 Å². The Labute approximate surface area is 192 Å². The van der Waals surface area contributed by atoms with E-state index in [0.717, 1.165) is 11.0 Å². The second kappa shape index (κ2) is 8.71. The summed E-state index contributed by atoms with van der Waals surface area (Å²) in [6.07, 6.45) is -0.00445. The van der Waals surface area contributed by atoms with Crippen LogP contribution in [0.3, 0.4) is 0 Å². The van der Waals surface area contributed by atoms with Gasteiger partial charge >= 0.3 is 13.2 Å². The summed E-state index contributed by atoms with van der Waals surface area (Å²) in [5.41, 5.74) is 0.587. The fourth-order valence-electron chi connectivity index (χ4n) is 3.87. The minimum absolute atomic E-state index is 0.0599. The van der Waals surface area contributed by atoms with Crippen LogP contribution in [0.4, 0.5) is 4.79 Å². The van der Waals surface area contributed by atoms with E-state index in [1.54, 1.807) is 4.90 Å². The Morgan fingerprint density at radius 2 is 1.62 bits per heavy atom. The van der Waals surface area contributed by atoms with Gasteiger partial charge in [0.05, 0.1) is 17.6 Å². The van der Waals surface area contributed by atoms with Gasteiger partial charge in [-0.2, -0.15) is 0 Å². The fourth-order valence-corrected chi connectivity index (χ4v) is 3.87. The number of hydrogen-bond acceptors (Lipinski definition) is 5. The van der Waals surface area contributed by atoms with Gasteiger partial charge in [0, 0.05) is 25.7 Å². The molecule has 8 heteroatoms. The van der Waals surface area contributed by atoms with Gasteiger partial charge in [0.1, 0.15) is 5.60 Å². The molecule has 0 aliphatic carbocycles. The number of ether oxygens (including phenoxy) is 1. The summed E-state index contributed by atoms with van der Waals surface area (Å²) in [7, 11) is -0.411. The molecule has 0 aromatic heterocycles. The lowest BCUT2D eigenvalue weighted by Crippen LogP contribution is -2.56. The van der Waals surface area contributed by atoms with Gasteiger partial charge in [0.15, 0.2) is 0 Å². The van der Waals surface area contributed by atoms with Crippen molar-refractivity contribution in [2.75, 3.05) is 19.6 Å². The summed E-state index contributed by atoms with van der Waals surface area (Å²) >= 11 is 0. The summed E-state index contributed by atoms with van der Waals surface area (Å²) in [6.45, 7) is 17.1. The Hall–Kier alpha value is -2.06. The standard InChI is InChI=1S/C24H37BN2O5/c1-17-16-26(21(29)30-22(2,3)4)13-14-27(17)20(28)15-18-9-11-19(12-10-18)25-31-23(5,6)24(7,8)32-25/h9-12,17H,13-16H2,1-8H3/t17-/m0/s1. The molecule has 1 aromatic carbocycles. The first-order valence-corrected chi connectivity index (χ1v) is 11.4. The first-order valence-electron chi connectivity index (χ1n) is 11.4. The Bertz CT molecular complexity index is 831. The van der Waals surface area contributed by atoms with Gasteiger partial charge in [-0.15, -0.1) is 0 Å². The maximum absolute atomic E-state index is 12.9. The number of hydrogen-bond donors (Lipinski definition) is 0. The molecular formula is C24H37BN2O5. The van der Waals surface area contributed by atoms with Crippen LogP contribution in [0.1, 0.15) is 61.0 Å². The van der Waals surface area contributed by atoms with E-state index >= 15 is 0 Å². The average molecular weight is 444 g/mol. The Morgan fingerprint density at radius 3 is 2.12 bits per heavy atom. The van der Waals surface area contributed by atoms with Crippen LogP contribution in [-0.4, -0.2) is 71.4 Å². The predicted octanol–water partition coefficient (Wildman–Crippen LogP) is 3.00. The quantitative estimate of drug-likeness (QED) is 0.671. The number of piperazine rings is 1. The molecule has 0 N–H and O–H groups in total. The van der Waals surface area contributed by atoms with Crippen LogP contribution in [0.25, 0.3) is 0 Å². The minimum Gasteiger partial charge on any atom is -0.444 e. The lowest BCUT2D eigenvalue weighted by Gasteiger charge is -2.40. The van der Waals surface area contributed by atoms with E-state index in [9.17, 15) is 9.59 Å². The molecule has 1 aromatic rings. The molecule has 2 fully saturated rings. The highest BCUT2D eigenvalue weighted by molar-refractivity contribution is 6.62. The zero-order valence-electron chi connectivity index (χ0n) is 20.7. The summed E-state index contributed by atoms with van der Waals surface area (Å²) in [5.74, 6) is 0.0599. The fraction of sp³-hybridized carbons (Fsp3) is 0.667. The second-order valence-electron chi connectivity index (χ2n) is 10.9. The van der Waals surface area contributed by atoms with Gasteiger partial charge in [0.2, 0.25) is 5.91 Å². The van der Waals surface area contributed by atoms with Crippen LogP contribution in [0, 0.1) is 0 Å². The minimum atomic E-state index is -0.528. The molecule has 0 bridgehead atoms. The first kappa shape index (κ1) is 24.6. The third kappa shape index (κ3) is 5.46. The number of amides is 2. The largest absolute Gasteiger partial charge is 0.494 e. The van der Waals surface area contributed by atoms with Crippen molar-refractivity contribution in [1.29, 1.82) is 0 Å². The van der Waals surface area contributed by atoms with Crippen molar-refractivity contribution in [2.24, 2.45) is 0 Å². The monoisotopic (exact) mass is 444 g/mol. The second-order valence-corrected chi connectivity index (χ2v) is 10.9. The van der Waals surface area contributed by atoms with Gasteiger partial charge < -0.3 is 23.8 Å². The molecule has 7 nitrogen and oxygen atoms in total. The third-order valence-corrected chi connectivity index (χ3v) is 6.46. The molecule has 0 unspecified atom stereocenters. The SMILES string of the molecule is C[C@H]1CN(C(=O)OC(C)(C)C)CCN1C(=O)Cc1ccc(B2OC(C)(C)C(C)(C)O2)cc1. The van der Waals surface area contributed by atoms with Gasteiger partial charge in [-0.1, -0.05) is 24.3 Å². The topological polar surface area (TPSA) is 68.3 Å². The van der Waals surface area contributed by atoms with Crippen molar-refractivity contribution in [3.8, 4) is 0 Å². The van der Waals surface area contributed by atoms with Crippen molar-refractivity contribution in [3.63, 3.8) is 0 Å². The Morgan fingerprint density at radius 1 is 1.06 bits per heavy atom. The van der Waals surface area contributed by atoms with Crippen molar-refractivity contribution in [3.05, 3.63) is 29.8 Å². The average Bonchev–Trinajstić information content (AvgIpc) is 2.88. The number of carbonyl (C=O) groups excluding carboxylic acids is 2. The highest BCUT2D eigenvalue weighted by atomic mass is 16.7. The van der Waals surface area contributed by atoms with E-state index in [4.69, 9.17) is 14.0 Å². The van der Waals surface area contributed by atoms with Crippen molar-refractivity contribution >= 4 is 24.6 Å². The molecule has 0 radical (unpaired) electrons. The molecule has 3 rings (SSSR count). The molecule has 2 heterocycles. The predicted molar refractivity (Wildman–Crippen MR) is 125 cm³/mol.